The third-order valence-electron chi connectivity index (χ3n) is 5.81. The maximum absolute atomic E-state index is 13.3. The minimum atomic E-state index is -0.234. The van der Waals surface area contributed by atoms with Crippen LogP contribution in [-0.4, -0.2) is 66.4 Å². The monoisotopic (exact) mass is 393 g/mol. The fourth-order valence-corrected chi connectivity index (χ4v) is 4.18. The van der Waals surface area contributed by atoms with E-state index in [9.17, 15) is 9.59 Å². The van der Waals surface area contributed by atoms with Crippen molar-refractivity contribution in [3.63, 3.8) is 0 Å². The summed E-state index contributed by atoms with van der Waals surface area (Å²) in [5, 5.41) is 2.87. The number of hydrogen-bond donors (Lipinski definition) is 1. The molecule has 1 fully saturated rings. The van der Waals surface area contributed by atoms with Crippen molar-refractivity contribution in [1.82, 2.24) is 14.8 Å². The van der Waals surface area contributed by atoms with E-state index in [1.807, 2.05) is 13.1 Å². The van der Waals surface area contributed by atoms with E-state index in [0.29, 0.717) is 28.8 Å². The van der Waals surface area contributed by atoms with E-state index in [1.54, 1.807) is 41.4 Å². The maximum atomic E-state index is 13.3. The Kier molecular flexibility index (Phi) is 5.60. The zero-order valence-corrected chi connectivity index (χ0v) is 17.0. The second-order valence-electron chi connectivity index (χ2n) is 7.88. The van der Waals surface area contributed by atoms with Crippen molar-refractivity contribution < 1.29 is 9.59 Å². The molecule has 0 aliphatic carbocycles. The van der Waals surface area contributed by atoms with E-state index in [-0.39, 0.29) is 18.4 Å². The topological polar surface area (TPSA) is 68.8 Å². The fraction of sp³-hybridized carbons (Fsp3) is 0.409. The van der Waals surface area contributed by atoms with Crippen molar-refractivity contribution in [3.05, 3.63) is 48.2 Å². The highest BCUT2D eigenvalue weighted by Gasteiger charge is 2.30. The number of pyridine rings is 1. The molecular weight excluding hydrogens is 366 g/mol. The van der Waals surface area contributed by atoms with Gasteiger partial charge in [0.05, 0.1) is 23.5 Å². The largest absolute Gasteiger partial charge is 0.319 e. The Bertz CT molecular complexity index is 916. The number of likely N-dealkylation sites (tertiary alicyclic amines) is 1. The summed E-state index contributed by atoms with van der Waals surface area (Å²) >= 11 is 0. The Hall–Kier alpha value is -2.77. The van der Waals surface area contributed by atoms with E-state index in [2.05, 4.69) is 27.1 Å². The summed E-state index contributed by atoms with van der Waals surface area (Å²) in [6.07, 6.45) is 5.16. The van der Waals surface area contributed by atoms with Crippen molar-refractivity contribution >= 4 is 29.0 Å². The van der Waals surface area contributed by atoms with Crippen LogP contribution in [0.15, 0.2) is 42.6 Å². The number of amides is 2. The van der Waals surface area contributed by atoms with Gasteiger partial charge in [-0.05, 0) is 70.7 Å². The lowest BCUT2D eigenvalue weighted by atomic mass is 10.1. The fourth-order valence-electron chi connectivity index (χ4n) is 4.18. The second kappa shape index (κ2) is 8.31. The first kappa shape index (κ1) is 19.5. The third-order valence-corrected chi connectivity index (χ3v) is 5.81. The Morgan fingerprint density at radius 2 is 2.10 bits per heavy atom. The van der Waals surface area contributed by atoms with Gasteiger partial charge in [0.15, 0.2) is 5.82 Å². The van der Waals surface area contributed by atoms with Crippen LogP contribution < -0.4 is 10.2 Å². The molecule has 7 nitrogen and oxygen atoms in total. The summed E-state index contributed by atoms with van der Waals surface area (Å²) in [6.45, 7) is 2.26. The number of para-hydroxylation sites is 1. The number of benzene rings is 1. The number of carbonyl (C=O) groups excluding carboxylic acids is 2. The number of nitrogens with one attached hydrogen (secondary N) is 1. The van der Waals surface area contributed by atoms with Gasteiger partial charge < -0.3 is 10.2 Å². The molecule has 0 saturated carbocycles. The van der Waals surface area contributed by atoms with Crippen molar-refractivity contribution in [3.8, 4) is 0 Å². The lowest BCUT2D eigenvalue weighted by Gasteiger charge is -2.27. The molecular formula is C22H27N5O2. The first-order chi connectivity index (χ1) is 14.0. The van der Waals surface area contributed by atoms with Gasteiger partial charge in [-0.3, -0.25) is 19.4 Å². The molecule has 152 valence electrons. The van der Waals surface area contributed by atoms with Crippen LogP contribution >= 0.6 is 0 Å². The first-order valence-corrected chi connectivity index (χ1v) is 10.1. The number of nitrogens with zero attached hydrogens (tertiary/aromatic N) is 4. The van der Waals surface area contributed by atoms with Crippen molar-refractivity contribution in [2.24, 2.45) is 0 Å². The predicted molar refractivity (Wildman–Crippen MR) is 114 cm³/mol. The third kappa shape index (κ3) is 4.02. The molecule has 2 aliphatic rings. The molecule has 4 rings (SSSR count). The Morgan fingerprint density at radius 1 is 1.28 bits per heavy atom. The molecule has 29 heavy (non-hydrogen) atoms. The number of anilines is 3. The van der Waals surface area contributed by atoms with Gasteiger partial charge in [-0.25, -0.2) is 4.98 Å². The first-order valence-electron chi connectivity index (χ1n) is 10.1. The molecule has 2 amide bonds. The van der Waals surface area contributed by atoms with E-state index in [1.165, 1.54) is 12.8 Å². The molecule has 1 atom stereocenters. The molecule has 1 aromatic heterocycles. The van der Waals surface area contributed by atoms with E-state index < -0.39 is 0 Å². The molecule has 2 aliphatic heterocycles. The average molecular weight is 393 g/mol. The standard InChI is InChI=1S/C22H27N5O2/c1-25(14-11-16-7-6-13-26(16)2)15-20(28)27-19-10-4-3-8-17(19)22(29)24-18-9-5-12-23-21(18)27/h3-5,8-10,12,16H,6-7,11,13-15H2,1-2H3,(H,24,29). The van der Waals surface area contributed by atoms with Gasteiger partial charge in [0.1, 0.15) is 0 Å². The summed E-state index contributed by atoms with van der Waals surface area (Å²) in [7, 11) is 4.14. The average Bonchev–Trinajstić information content (AvgIpc) is 3.07. The van der Waals surface area contributed by atoms with Crippen LogP contribution in [-0.2, 0) is 4.79 Å². The van der Waals surface area contributed by atoms with Crippen LogP contribution in [0.3, 0.4) is 0 Å². The zero-order valence-electron chi connectivity index (χ0n) is 17.0. The quantitative estimate of drug-likeness (QED) is 0.846. The summed E-state index contributed by atoms with van der Waals surface area (Å²) in [6, 6.07) is 11.3. The summed E-state index contributed by atoms with van der Waals surface area (Å²) in [5.74, 6) is 0.124. The summed E-state index contributed by atoms with van der Waals surface area (Å²) in [4.78, 5) is 36.4. The van der Waals surface area contributed by atoms with Crippen molar-refractivity contribution in [2.45, 2.75) is 25.3 Å². The Morgan fingerprint density at radius 3 is 2.90 bits per heavy atom. The zero-order chi connectivity index (χ0) is 20.4. The smallest absolute Gasteiger partial charge is 0.257 e. The number of likely N-dealkylation sites (N-methyl/N-ethyl adjacent to an activating group) is 1. The normalized spacial score (nSPS) is 18.9. The van der Waals surface area contributed by atoms with Crippen LogP contribution in [0.4, 0.5) is 17.2 Å². The molecule has 2 aromatic rings. The van der Waals surface area contributed by atoms with Crippen LogP contribution in [0, 0.1) is 0 Å². The molecule has 1 unspecified atom stereocenters. The van der Waals surface area contributed by atoms with Gasteiger partial charge in [0.2, 0.25) is 5.91 Å². The molecule has 7 heteroatoms. The van der Waals surface area contributed by atoms with Crippen LogP contribution in [0.2, 0.25) is 0 Å². The van der Waals surface area contributed by atoms with Crippen molar-refractivity contribution in [2.75, 3.05) is 43.9 Å². The van der Waals surface area contributed by atoms with Gasteiger partial charge >= 0.3 is 0 Å². The lowest BCUT2D eigenvalue weighted by molar-refractivity contribution is -0.118. The van der Waals surface area contributed by atoms with E-state index in [4.69, 9.17) is 0 Å². The van der Waals surface area contributed by atoms with Crippen molar-refractivity contribution in [1.29, 1.82) is 0 Å². The molecule has 1 saturated heterocycles. The highest BCUT2D eigenvalue weighted by atomic mass is 16.2. The predicted octanol–water partition coefficient (Wildman–Crippen LogP) is 2.73. The molecule has 1 aromatic carbocycles. The second-order valence-corrected chi connectivity index (χ2v) is 7.88. The lowest BCUT2D eigenvalue weighted by Crippen LogP contribution is -2.38. The minimum Gasteiger partial charge on any atom is -0.319 e. The highest BCUT2D eigenvalue weighted by Crippen LogP contribution is 2.36. The van der Waals surface area contributed by atoms with Gasteiger partial charge in [-0.15, -0.1) is 0 Å². The van der Waals surface area contributed by atoms with Gasteiger partial charge in [0.25, 0.3) is 5.91 Å². The maximum Gasteiger partial charge on any atom is 0.257 e. The van der Waals surface area contributed by atoms with Gasteiger partial charge in [-0.2, -0.15) is 0 Å². The van der Waals surface area contributed by atoms with E-state index >= 15 is 0 Å². The molecule has 1 N–H and O–H groups in total. The number of fused-ring (bicyclic) bond motifs is 2. The molecule has 0 bridgehead atoms. The Labute approximate surface area is 171 Å². The minimum absolute atomic E-state index is 0.101. The Balaban J connectivity index is 1.55. The molecule has 0 radical (unpaired) electrons. The number of aromatic nitrogens is 1. The van der Waals surface area contributed by atoms with E-state index in [0.717, 1.165) is 19.5 Å². The van der Waals surface area contributed by atoms with Crippen LogP contribution in [0.5, 0.6) is 0 Å². The van der Waals surface area contributed by atoms with Crippen LogP contribution in [0.25, 0.3) is 0 Å². The highest BCUT2D eigenvalue weighted by molar-refractivity contribution is 6.17. The molecule has 0 spiro atoms. The van der Waals surface area contributed by atoms with Crippen LogP contribution in [0.1, 0.15) is 29.6 Å². The van der Waals surface area contributed by atoms with Gasteiger partial charge in [0, 0.05) is 12.2 Å². The number of rotatable bonds is 5. The number of carbonyl (C=O) groups is 2. The summed E-state index contributed by atoms with van der Waals surface area (Å²) < 4.78 is 0. The number of hydrogen-bond acceptors (Lipinski definition) is 5. The van der Waals surface area contributed by atoms with Gasteiger partial charge in [-0.1, -0.05) is 12.1 Å². The SMILES string of the molecule is CN(CCC1CCCN1C)CC(=O)N1c2ccccc2C(=O)Nc2cccnc21. The summed E-state index contributed by atoms with van der Waals surface area (Å²) in [5.41, 5.74) is 1.57. The molecule has 3 heterocycles.